The van der Waals surface area contributed by atoms with Gasteiger partial charge in [-0.2, -0.15) is 5.10 Å². The number of nitrogens with two attached hydrogens (primary N) is 2. The van der Waals surface area contributed by atoms with E-state index in [0.717, 1.165) is 30.7 Å². The molecule has 1 aliphatic heterocycles. The number of carbonyl (C=O) groups excluding carboxylic acids is 1. The predicted molar refractivity (Wildman–Crippen MR) is 116 cm³/mol. The smallest absolute Gasteiger partial charge is 0.254 e. The van der Waals surface area contributed by atoms with Gasteiger partial charge in [-0.05, 0) is 49.2 Å². The molecule has 7 heteroatoms. The number of benzene rings is 2. The van der Waals surface area contributed by atoms with E-state index in [1.165, 1.54) is 0 Å². The van der Waals surface area contributed by atoms with Crippen LogP contribution in [-0.4, -0.2) is 33.7 Å². The summed E-state index contributed by atoms with van der Waals surface area (Å²) in [6.45, 7) is 1.47. The Morgan fingerprint density at radius 2 is 1.83 bits per heavy atom. The summed E-state index contributed by atoms with van der Waals surface area (Å²) in [5.74, 6) is 1.08. The average molecular weight is 401 g/mol. The number of ether oxygens (including phenoxy) is 1. The highest BCUT2D eigenvalue weighted by Crippen LogP contribution is 2.33. The Hall–Kier alpha value is -3.92. The molecule has 1 aromatic heterocycles. The number of nitrogens with zero attached hydrogens (tertiary/aromatic N) is 3. The molecule has 152 valence electrons. The number of primary amides is 1. The Morgan fingerprint density at radius 3 is 2.50 bits per heavy atom. The van der Waals surface area contributed by atoms with E-state index in [1.807, 2.05) is 59.5 Å². The van der Waals surface area contributed by atoms with Gasteiger partial charge in [0.15, 0.2) is 0 Å². The molecule has 0 unspecified atom stereocenters. The number of hydrogen-bond donors (Lipinski definition) is 2. The molecular formula is C23H23N5O2. The molecule has 1 fully saturated rings. The van der Waals surface area contributed by atoms with Crippen LogP contribution in [0, 0.1) is 12.5 Å². The van der Waals surface area contributed by atoms with Gasteiger partial charge in [0.1, 0.15) is 28.6 Å². The van der Waals surface area contributed by atoms with Crippen molar-refractivity contribution in [3.63, 3.8) is 0 Å². The Bertz CT molecular complexity index is 1080. The van der Waals surface area contributed by atoms with Crippen molar-refractivity contribution < 1.29 is 9.53 Å². The first-order chi connectivity index (χ1) is 14.6. The molecule has 2 heterocycles. The Labute approximate surface area is 175 Å². The van der Waals surface area contributed by atoms with Crippen LogP contribution in [0.4, 0.5) is 5.82 Å². The van der Waals surface area contributed by atoms with Gasteiger partial charge in [-0.15, -0.1) is 0 Å². The topological polar surface area (TPSA) is 99.4 Å². The number of likely N-dealkylation sites (tertiary alicyclic amines) is 1. The molecule has 0 aliphatic carbocycles. The molecular weight excluding hydrogens is 378 g/mol. The zero-order chi connectivity index (χ0) is 21.1. The minimum atomic E-state index is -0.608. The van der Waals surface area contributed by atoms with Gasteiger partial charge in [-0.1, -0.05) is 24.6 Å². The van der Waals surface area contributed by atoms with Gasteiger partial charge in [0, 0.05) is 24.7 Å². The number of para-hydroxylation sites is 1. The third-order valence-corrected chi connectivity index (χ3v) is 5.23. The van der Waals surface area contributed by atoms with Crippen LogP contribution in [0.25, 0.3) is 11.3 Å². The second-order valence-electron chi connectivity index (χ2n) is 7.23. The first-order valence-electron chi connectivity index (χ1n) is 9.79. The molecule has 1 atom stereocenters. The van der Waals surface area contributed by atoms with Crippen molar-refractivity contribution in [2.24, 2.45) is 5.73 Å². The van der Waals surface area contributed by atoms with Crippen molar-refractivity contribution in [3.05, 3.63) is 60.2 Å². The zero-order valence-electron chi connectivity index (χ0n) is 16.5. The van der Waals surface area contributed by atoms with Crippen molar-refractivity contribution in [1.29, 1.82) is 0 Å². The number of anilines is 1. The fourth-order valence-corrected chi connectivity index (χ4v) is 3.75. The van der Waals surface area contributed by atoms with Crippen molar-refractivity contribution in [1.82, 2.24) is 14.7 Å². The van der Waals surface area contributed by atoms with Crippen LogP contribution in [0.1, 0.15) is 29.2 Å². The van der Waals surface area contributed by atoms with Gasteiger partial charge in [-0.3, -0.25) is 4.79 Å². The minimum Gasteiger partial charge on any atom is -0.457 e. The molecule has 0 saturated carbocycles. The lowest BCUT2D eigenvalue weighted by Gasteiger charge is -2.30. The van der Waals surface area contributed by atoms with E-state index in [1.54, 1.807) is 4.68 Å². The fourth-order valence-electron chi connectivity index (χ4n) is 3.75. The molecule has 30 heavy (non-hydrogen) atoms. The number of hydrogen-bond acceptors (Lipinski definition) is 5. The van der Waals surface area contributed by atoms with Gasteiger partial charge in [0.05, 0.1) is 6.04 Å². The first-order valence-corrected chi connectivity index (χ1v) is 9.79. The molecule has 2 aromatic carbocycles. The quantitative estimate of drug-likeness (QED) is 0.640. The molecule has 0 bridgehead atoms. The van der Waals surface area contributed by atoms with Gasteiger partial charge in [0.2, 0.25) is 0 Å². The molecule has 3 aromatic rings. The standard InChI is InChI=1S/C23H23N5O2/c1-2-27-14-6-7-17(15-27)28-22(24)20(23(25)29)21(26-28)16-10-12-19(13-11-16)30-18-8-4-3-5-9-18/h1,3-5,8-13,17H,6-7,14-15,24H2,(H2,25,29)/t17-/m1/s1. The highest BCUT2D eigenvalue weighted by molar-refractivity contribution is 6.03. The second-order valence-corrected chi connectivity index (χ2v) is 7.23. The highest BCUT2D eigenvalue weighted by Gasteiger charge is 2.28. The molecule has 7 nitrogen and oxygen atoms in total. The van der Waals surface area contributed by atoms with E-state index >= 15 is 0 Å². The van der Waals surface area contributed by atoms with Gasteiger partial charge in [-0.25, -0.2) is 4.68 Å². The van der Waals surface area contributed by atoms with Gasteiger partial charge in [0.25, 0.3) is 5.91 Å². The van der Waals surface area contributed by atoms with Crippen molar-refractivity contribution in [2.45, 2.75) is 18.9 Å². The summed E-state index contributed by atoms with van der Waals surface area (Å²) in [6.07, 6.45) is 7.37. The van der Waals surface area contributed by atoms with Gasteiger partial charge < -0.3 is 21.1 Å². The number of nitrogen functional groups attached to an aromatic ring is 1. The number of carbonyl (C=O) groups is 1. The van der Waals surface area contributed by atoms with E-state index in [2.05, 4.69) is 11.1 Å². The number of amides is 1. The van der Waals surface area contributed by atoms with Crippen LogP contribution in [0.5, 0.6) is 11.5 Å². The van der Waals surface area contributed by atoms with Crippen LogP contribution < -0.4 is 16.2 Å². The van der Waals surface area contributed by atoms with Crippen molar-refractivity contribution >= 4 is 11.7 Å². The third kappa shape index (κ3) is 3.80. The van der Waals surface area contributed by atoms with Crippen molar-refractivity contribution in [3.8, 4) is 35.2 Å². The van der Waals surface area contributed by atoms with Crippen LogP contribution in [0.3, 0.4) is 0 Å². The summed E-state index contributed by atoms with van der Waals surface area (Å²) in [6, 6.07) is 19.5. The molecule has 1 amide bonds. The Kier molecular flexibility index (Phi) is 5.31. The third-order valence-electron chi connectivity index (χ3n) is 5.23. The highest BCUT2D eigenvalue weighted by atomic mass is 16.5. The lowest BCUT2D eigenvalue weighted by Crippen LogP contribution is -2.34. The SMILES string of the molecule is C#CN1CCC[C@@H](n2nc(-c3ccc(Oc4ccccc4)cc3)c(C(N)=O)c2N)C1. The largest absolute Gasteiger partial charge is 0.457 e. The fraction of sp³-hybridized carbons (Fsp3) is 0.217. The normalized spacial score (nSPS) is 16.1. The Morgan fingerprint density at radius 1 is 1.13 bits per heavy atom. The number of rotatable bonds is 5. The van der Waals surface area contributed by atoms with Crippen LogP contribution in [0.15, 0.2) is 54.6 Å². The van der Waals surface area contributed by atoms with Gasteiger partial charge >= 0.3 is 0 Å². The Balaban J connectivity index is 1.65. The summed E-state index contributed by atoms with van der Waals surface area (Å²) < 4.78 is 7.52. The van der Waals surface area contributed by atoms with E-state index in [0.29, 0.717) is 18.0 Å². The zero-order valence-corrected chi connectivity index (χ0v) is 16.5. The molecule has 0 radical (unpaired) electrons. The van der Waals surface area contributed by atoms with Crippen LogP contribution >= 0.6 is 0 Å². The molecule has 1 aliphatic rings. The number of terminal acetylenes is 1. The van der Waals surface area contributed by atoms with Crippen LogP contribution in [0.2, 0.25) is 0 Å². The predicted octanol–water partition coefficient (Wildman–Crippen LogP) is 3.25. The van der Waals surface area contributed by atoms with Crippen LogP contribution in [-0.2, 0) is 0 Å². The first kappa shape index (κ1) is 19.4. The maximum atomic E-state index is 12.2. The molecule has 4 rings (SSSR count). The van der Waals surface area contributed by atoms with E-state index < -0.39 is 5.91 Å². The monoisotopic (exact) mass is 401 g/mol. The lowest BCUT2D eigenvalue weighted by molar-refractivity contribution is 0.100. The number of piperidine rings is 1. The molecule has 4 N–H and O–H groups in total. The maximum absolute atomic E-state index is 12.2. The minimum absolute atomic E-state index is 0.0117. The average Bonchev–Trinajstić information content (AvgIpc) is 3.12. The summed E-state index contributed by atoms with van der Waals surface area (Å²) >= 11 is 0. The summed E-state index contributed by atoms with van der Waals surface area (Å²) in [4.78, 5) is 14.1. The van der Waals surface area contributed by atoms with Crippen molar-refractivity contribution in [2.75, 3.05) is 18.8 Å². The summed E-state index contributed by atoms with van der Waals surface area (Å²) in [5.41, 5.74) is 13.4. The molecule has 1 saturated heterocycles. The second kappa shape index (κ2) is 8.21. The maximum Gasteiger partial charge on any atom is 0.254 e. The summed E-state index contributed by atoms with van der Waals surface area (Å²) in [7, 11) is 0. The van der Waals surface area contributed by atoms with E-state index in [-0.39, 0.29) is 17.4 Å². The lowest BCUT2D eigenvalue weighted by atomic mass is 10.1. The van der Waals surface area contributed by atoms with E-state index in [4.69, 9.17) is 22.6 Å². The molecule has 0 spiro atoms. The number of aromatic nitrogens is 2. The van der Waals surface area contributed by atoms with E-state index in [9.17, 15) is 4.79 Å². The summed E-state index contributed by atoms with van der Waals surface area (Å²) in [5, 5.41) is 4.66.